The van der Waals surface area contributed by atoms with Gasteiger partial charge in [-0.2, -0.15) is 0 Å². The zero-order valence-electron chi connectivity index (χ0n) is 8.81. The van der Waals surface area contributed by atoms with Crippen molar-refractivity contribution in [2.75, 3.05) is 6.54 Å². The van der Waals surface area contributed by atoms with E-state index in [1.54, 1.807) is 0 Å². The molecule has 0 spiro atoms. The molecular weight excluding hydrogens is 180 g/mol. The minimum Gasteiger partial charge on any atom is -0.295 e. The molecule has 4 heteroatoms. The molecule has 1 saturated heterocycles. The molecule has 4 nitrogen and oxygen atoms in total. The first-order chi connectivity index (χ1) is 6.36. The smallest absolute Gasteiger partial charge is 0.246 e. The van der Waals surface area contributed by atoms with Crippen LogP contribution in [0.5, 0.6) is 0 Å². The number of piperazine rings is 1. The Morgan fingerprint density at radius 1 is 1.29 bits per heavy atom. The van der Waals surface area contributed by atoms with Crippen molar-refractivity contribution in [2.24, 2.45) is 11.3 Å². The molecular formula is C10H16N2O2. The van der Waals surface area contributed by atoms with Gasteiger partial charge in [0.25, 0.3) is 0 Å². The number of hydrogen-bond donors (Lipinski definition) is 2. The molecule has 0 bridgehead atoms. The van der Waals surface area contributed by atoms with E-state index < -0.39 is 5.54 Å². The normalized spacial score (nSPS) is 40.6. The molecule has 2 N–H and O–H groups in total. The van der Waals surface area contributed by atoms with Crippen LogP contribution >= 0.6 is 0 Å². The average Bonchev–Trinajstić information content (AvgIpc) is 2.70. The first-order valence-electron chi connectivity index (χ1n) is 4.95. The second-order valence-electron chi connectivity index (χ2n) is 5.18. The number of carbonyl (C=O) groups excluding carboxylic acids is 2. The van der Waals surface area contributed by atoms with Crippen LogP contribution in [-0.4, -0.2) is 23.9 Å². The van der Waals surface area contributed by atoms with Crippen molar-refractivity contribution < 1.29 is 9.59 Å². The molecule has 78 valence electrons. The molecule has 0 aromatic rings. The van der Waals surface area contributed by atoms with E-state index in [9.17, 15) is 9.59 Å². The van der Waals surface area contributed by atoms with Gasteiger partial charge < -0.3 is 0 Å². The Kier molecular flexibility index (Phi) is 1.77. The molecule has 2 fully saturated rings. The number of hydrogen-bond acceptors (Lipinski definition) is 3. The van der Waals surface area contributed by atoms with Crippen LogP contribution in [0.2, 0.25) is 0 Å². The second-order valence-corrected chi connectivity index (χ2v) is 5.18. The summed E-state index contributed by atoms with van der Waals surface area (Å²) >= 11 is 0. The lowest BCUT2D eigenvalue weighted by atomic mass is 9.88. The minimum atomic E-state index is -0.558. The molecule has 2 unspecified atom stereocenters. The number of amides is 2. The van der Waals surface area contributed by atoms with Gasteiger partial charge in [-0.25, -0.2) is 0 Å². The van der Waals surface area contributed by atoms with E-state index >= 15 is 0 Å². The van der Waals surface area contributed by atoms with Gasteiger partial charge >= 0.3 is 0 Å². The predicted octanol–water partition coefficient (Wildman–Crippen LogP) is 0.0372. The van der Waals surface area contributed by atoms with Crippen molar-refractivity contribution in [3.63, 3.8) is 0 Å². The van der Waals surface area contributed by atoms with Crippen LogP contribution < -0.4 is 10.6 Å². The third kappa shape index (κ3) is 1.25. The number of imide groups is 1. The van der Waals surface area contributed by atoms with Crippen molar-refractivity contribution in [3.8, 4) is 0 Å². The summed E-state index contributed by atoms with van der Waals surface area (Å²) in [5.74, 6) is -0.0710. The third-order valence-electron chi connectivity index (χ3n) is 3.55. The van der Waals surface area contributed by atoms with E-state index in [0.717, 1.165) is 6.42 Å². The summed E-state index contributed by atoms with van der Waals surface area (Å²) in [6.45, 7) is 6.42. The van der Waals surface area contributed by atoms with E-state index in [-0.39, 0.29) is 23.8 Å². The fraction of sp³-hybridized carbons (Fsp3) is 0.800. The molecule has 0 aromatic heterocycles. The second kappa shape index (κ2) is 2.57. The van der Waals surface area contributed by atoms with Gasteiger partial charge in [-0.1, -0.05) is 13.8 Å². The van der Waals surface area contributed by atoms with E-state index in [4.69, 9.17) is 0 Å². The summed E-state index contributed by atoms with van der Waals surface area (Å²) in [6.07, 6.45) is 1.04. The van der Waals surface area contributed by atoms with Crippen LogP contribution in [0.4, 0.5) is 0 Å². The zero-order valence-corrected chi connectivity index (χ0v) is 8.81. The fourth-order valence-electron chi connectivity index (χ4n) is 2.38. The van der Waals surface area contributed by atoms with Crippen molar-refractivity contribution in [1.29, 1.82) is 0 Å². The first-order valence-corrected chi connectivity index (χ1v) is 4.95. The molecule has 1 heterocycles. The Hall–Kier alpha value is -0.900. The molecule has 2 amide bonds. The van der Waals surface area contributed by atoms with Crippen LogP contribution in [-0.2, 0) is 9.59 Å². The highest BCUT2D eigenvalue weighted by atomic mass is 16.2. The summed E-state index contributed by atoms with van der Waals surface area (Å²) in [7, 11) is 0. The Morgan fingerprint density at radius 2 is 1.86 bits per heavy atom. The highest BCUT2D eigenvalue weighted by Gasteiger charge is 2.60. The molecule has 2 atom stereocenters. The average molecular weight is 196 g/mol. The topological polar surface area (TPSA) is 58.2 Å². The monoisotopic (exact) mass is 196 g/mol. The molecule has 1 saturated carbocycles. The van der Waals surface area contributed by atoms with E-state index in [0.29, 0.717) is 5.92 Å². The van der Waals surface area contributed by atoms with Crippen molar-refractivity contribution >= 4 is 11.8 Å². The van der Waals surface area contributed by atoms with Gasteiger partial charge in [-0.3, -0.25) is 20.2 Å². The first kappa shape index (κ1) is 9.65. The maximum atomic E-state index is 11.7. The van der Waals surface area contributed by atoms with Gasteiger partial charge in [0.05, 0.1) is 12.1 Å². The molecule has 14 heavy (non-hydrogen) atoms. The molecule has 2 rings (SSSR count). The van der Waals surface area contributed by atoms with Crippen molar-refractivity contribution in [3.05, 3.63) is 0 Å². The Bertz CT molecular complexity index is 311. The maximum absolute atomic E-state index is 11.7. The molecule has 0 aromatic carbocycles. The van der Waals surface area contributed by atoms with E-state index in [2.05, 4.69) is 24.5 Å². The lowest BCUT2D eigenvalue weighted by Gasteiger charge is -2.34. The van der Waals surface area contributed by atoms with Crippen LogP contribution in [0.25, 0.3) is 0 Å². The summed E-state index contributed by atoms with van der Waals surface area (Å²) < 4.78 is 0. The van der Waals surface area contributed by atoms with Gasteiger partial charge in [0.15, 0.2) is 0 Å². The van der Waals surface area contributed by atoms with Crippen LogP contribution in [0, 0.1) is 11.3 Å². The van der Waals surface area contributed by atoms with Crippen LogP contribution in [0.1, 0.15) is 27.2 Å². The van der Waals surface area contributed by atoms with Crippen molar-refractivity contribution in [2.45, 2.75) is 32.7 Å². The summed E-state index contributed by atoms with van der Waals surface area (Å²) in [5, 5.41) is 5.44. The summed E-state index contributed by atoms with van der Waals surface area (Å²) in [5.41, 5.74) is -0.336. The lowest BCUT2D eigenvalue weighted by molar-refractivity contribution is -0.138. The van der Waals surface area contributed by atoms with Gasteiger partial charge in [-0.15, -0.1) is 0 Å². The fourth-order valence-corrected chi connectivity index (χ4v) is 2.38. The summed E-state index contributed by atoms with van der Waals surface area (Å²) in [6, 6.07) is 0. The van der Waals surface area contributed by atoms with E-state index in [1.165, 1.54) is 0 Å². The Morgan fingerprint density at radius 3 is 2.29 bits per heavy atom. The number of carbonyl (C=O) groups is 2. The van der Waals surface area contributed by atoms with Gasteiger partial charge in [0.2, 0.25) is 11.8 Å². The number of rotatable bonds is 1. The van der Waals surface area contributed by atoms with Crippen molar-refractivity contribution in [1.82, 2.24) is 10.6 Å². The van der Waals surface area contributed by atoms with Crippen LogP contribution in [0.3, 0.4) is 0 Å². The molecule has 1 aliphatic carbocycles. The highest BCUT2D eigenvalue weighted by Crippen LogP contribution is 2.57. The van der Waals surface area contributed by atoms with Gasteiger partial charge in [-0.05, 0) is 24.7 Å². The summed E-state index contributed by atoms with van der Waals surface area (Å²) in [4.78, 5) is 22.7. The number of nitrogens with one attached hydrogen (secondary N) is 2. The zero-order chi connectivity index (χ0) is 10.6. The lowest BCUT2D eigenvalue weighted by Crippen LogP contribution is -2.65. The quantitative estimate of drug-likeness (QED) is 0.582. The van der Waals surface area contributed by atoms with Gasteiger partial charge in [0.1, 0.15) is 0 Å². The maximum Gasteiger partial charge on any atom is 0.246 e. The van der Waals surface area contributed by atoms with E-state index in [1.807, 2.05) is 6.92 Å². The standard InChI is InChI=1S/C10H16N2O2/c1-9(2)4-6(9)10(3)8(14)12-7(13)5-11-10/h6,11H,4-5H2,1-3H3,(H,12,13,14). The minimum absolute atomic E-state index is 0.177. The highest BCUT2D eigenvalue weighted by molar-refractivity contribution is 6.03. The third-order valence-corrected chi connectivity index (χ3v) is 3.55. The SMILES string of the molecule is CC1(C)CC1C1(C)NCC(=O)NC1=O. The Labute approximate surface area is 83.4 Å². The largest absolute Gasteiger partial charge is 0.295 e. The Balaban J connectivity index is 2.17. The van der Waals surface area contributed by atoms with Crippen LogP contribution in [0.15, 0.2) is 0 Å². The van der Waals surface area contributed by atoms with Gasteiger partial charge in [0, 0.05) is 0 Å². The molecule has 2 aliphatic rings. The molecule has 0 radical (unpaired) electrons. The molecule has 1 aliphatic heterocycles. The predicted molar refractivity (Wildman–Crippen MR) is 51.4 cm³/mol.